The molecule has 9 N–H and O–H groups in total. The first-order chi connectivity index (χ1) is 17.0. The molecule has 0 aromatic heterocycles. The molecule has 7 atom stereocenters. The lowest BCUT2D eigenvalue weighted by atomic mass is 9.85. The summed E-state index contributed by atoms with van der Waals surface area (Å²) in [5, 5.41) is 58.8. The molecule has 0 aliphatic heterocycles. The van der Waals surface area contributed by atoms with E-state index in [2.05, 4.69) is 17.2 Å². The minimum atomic E-state index is -5.11. The van der Waals surface area contributed by atoms with E-state index in [1.165, 1.54) is 63.9 Å². The Hall–Kier alpha value is -0.430. The molecule has 1 aliphatic rings. The van der Waals surface area contributed by atoms with Crippen LogP contribution in [0.1, 0.15) is 84.0 Å². The molecule has 0 amide bonds. The lowest BCUT2D eigenvalue weighted by Crippen LogP contribution is -2.68. The summed E-state index contributed by atoms with van der Waals surface area (Å²) in [6, 6.07) is -0.844. The highest BCUT2D eigenvalue weighted by molar-refractivity contribution is 7.45. The van der Waals surface area contributed by atoms with Gasteiger partial charge in [0.25, 0.3) is 7.82 Å². The Morgan fingerprint density at radius 1 is 0.833 bits per heavy atom. The first-order valence-corrected chi connectivity index (χ1v) is 14.7. The van der Waals surface area contributed by atoms with Gasteiger partial charge in [-0.3, -0.25) is 4.57 Å². The number of unbranched alkanes of at least 4 members (excludes halogenated alkanes) is 11. The van der Waals surface area contributed by atoms with Gasteiger partial charge in [0.2, 0.25) is 0 Å². The summed E-state index contributed by atoms with van der Waals surface area (Å²) in [5.41, 5.74) is 3.68. The number of hydrogen-bond donors (Lipinski definition) is 7. The Kier molecular flexibility index (Phi) is 16.8. The summed E-state index contributed by atoms with van der Waals surface area (Å²) in [6.45, 7) is 1.69. The third-order valence-electron chi connectivity index (χ3n) is 6.56. The zero-order chi connectivity index (χ0) is 27.1. The largest absolute Gasteiger partial charge is 0.756 e. The molecule has 11 nitrogen and oxygen atoms in total. The van der Waals surface area contributed by atoms with E-state index in [-0.39, 0.29) is 0 Å². The number of phosphoric ester groups is 1. The van der Waals surface area contributed by atoms with Gasteiger partial charge >= 0.3 is 0 Å². The number of phosphoric acid groups is 1. The number of hydrogen-bond acceptors (Lipinski definition) is 10. The minimum absolute atomic E-state index is 0.530. The monoisotopic (exact) mass is 541 g/mol. The highest BCUT2D eigenvalue weighted by atomic mass is 31.2. The smallest absolute Gasteiger partial charge is 0.268 e. The summed E-state index contributed by atoms with van der Waals surface area (Å²) >= 11 is 0. The van der Waals surface area contributed by atoms with E-state index in [1.807, 2.05) is 6.08 Å². The van der Waals surface area contributed by atoms with Crippen molar-refractivity contribution >= 4 is 7.82 Å². The maximum Gasteiger partial charge on any atom is 0.268 e. The number of quaternary nitrogens is 1. The molecule has 0 radical (unpaired) electrons. The average molecular weight is 542 g/mol. The van der Waals surface area contributed by atoms with Crippen LogP contribution in [0.25, 0.3) is 0 Å². The van der Waals surface area contributed by atoms with E-state index in [9.17, 15) is 40.1 Å². The van der Waals surface area contributed by atoms with E-state index in [0.29, 0.717) is 0 Å². The highest BCUT2D eigenvalue weighted by Gasteiger charge is 2.50. The predicted octanol–water partition coefficient (Wildman–Crippen LogP) is -0.0966. The summed E-state index contributed by atoms with van der Waals surface area (Å²) in [4.78, 5) is 12.1. The van der Waals surface area contributed by atoms with Crippen LogP contribution in [0.3, 0.4) is 0 Å². The van der Waals surface area contributed by atoms with Crippen LogP contribution in [0.5, 0.6) is 0 Å². The molecule has 12 heteroatoms. The second-order valence-electron chi connectivity index (χ2n) is 9.77. The standard InChI is InChI=1S/C24H48NO10P/c1-2-3-4-5-6-7-8-9-10-11-12-13-14-15-18(26)17(25)16-34-36(32,33)35-24-22(30)20(28)19(27)21(29)23(24)31/h14-15,17-24,26-31H,2-13,16,25H2,1H3,(H,32,33)/b15-14+. The average Bonchev–Trinajstić information content (AvgIpc) is 2.85. The third-order valence-corrected chi connectivity index (χ3v) is 7.53. The van der Waals surface area contributed by atoms with Crippen molar-refractivity contribution in [3.05, 3.63) is 12.2 Å². The van der Waals surface area contributed by atoms with E-state index >= 15 is 0 Å². The topological polar surface area (TPSA) is 208 Å². The number of allylic oxidation sites excluding steroid dienone is 1. The molecule has 0 bridgehead atoms. The number of rotatable bonds is 19. The summed E-state index contributed by atoms with van der Waals surface area (Å²) < 4.78 is 21.4. The van der Waals surface area contributed by atoms with Gasteiger partial charge in [-0.25, -0.2) is 0 Å². The van der Waals surface area contributed by atoms with Gasteiger partial charge in [0, 0.05) is 0 Å². The van der Waals surface area contributed by atoms with E-state index in [0.717, 1.165) is 19.3 Å². The van der Waals surface area contributed by atoms with Crippen molar-refractivity contribution in [1.29, 1.82) is 0 Å². The van der Waals surface area contributed by atoms with Crippen LogP contribution in [0.4, 0.5) is 0 Å². The minimum Gasteiger partial charge on any atom is -0.756 e. The Bertz CT molecular complexity index is 638. The molecule has 0 saturated heterocycles. The maximum atomic E-state index is 12.1. The zero-order valence-corrected chi connectivity index (χ0v) is 22.3. The molecule has 214 valence electrons. The molecular formula is C24H48NO10P. The zero-order valence-electron chi connectivity index (χ0n) is 21.4. The van der Waals surface area contributed by atoms with Gasteiger partial charge in [-0.15, -0.1) is 0 Å². The summed E-state index contributed by atoms with van der Waals surface area (Å²) in [5.74, 6) is 0. The number of aliphatic hydroxyl groups excluding tert-OH is 6. The van der Waals surface area contributed by atoms with Crippen molar-refractivity contribution in [2.24, 2.45) is 0 Å². The predicted molar refractivity (Wildman–Crippen MR) is 131 cm³/mol. The quantitative estimate of drug-likeness (QED) is 0.0656. The maximum absolute atomic E-state index is 12.1. The second-order valence-corrected chi connectivity index (χ2v) is 11.1. The second kappa shape index (κ2) is 18.0. The van der Waals surface area contributed by atoms with Crippen molar-refractivity contribution in [2.45, 2.75) is 133 Å². The Labute approximate surface area is 214 Å². The van der Waals surface area contributed by atoms with Crippen molar-refractivity contribution < 1.29 is 54.9 Å². The fourth-order valence-corrected chi connectivity index (χ4v) is 5.09. The summed E-state index contributed by atoms with van der Waals surface area (Å²) in [7, 11) is -5.11. The normalized spacial score (nSPS) is 30.4. The molecular weight excluding hydrogens is 493 g/mol. The van der Waals surface area contributed by atoms with E-state index < -0.39 is 63.2 Å². The molecule has 1 fully saturated rings. The van der Waals surface area contributed by atoms with Gasteiger partial charge in [0.1, 0.15) is 55.4 Å². The molecule has 0 aromatic rings. The molecule has 0 heterocycles. The van der Waals surface area contributed by atoms with Gasteiger partial charge in [0.15, 0.2) is 0 Å². The fraction of sp³-hybridized carbons (Fsp3) is 0.917. The van der Waals surface area contributed by atoms with Crippen molar-refractivity contribution in [3.63, 3.8) is 0 Å². The molecule has 7 unspecified atom stereocenters. The lowest BCUT2D eigenvalue weighted by molar-refractivity contribution is -0.439. The van der Waals surface area contributed by atoms with Crippen LogP contribution in [0.15, 0.2) is 12.2 Å². The van der Waals surface area contributed by atoms with Crippen LogP contribution >= 0.6 is 7.82 Å². The first-order valence-electron chi connectivity index (χ1n) is 13.2. The molecule has 1 rings (SSSR count). The SMILES string of the molecule is CCCCCCCCCCCCC/C=C/C(O)C([NH3+])COP(=O)([O-])OC1C(O)C(O)C(O)C(O)C1O. The van der Waals surface area contributed by atoms with Crippen LogP contribution in [0.2, 0.25) is 0 Å². The molecule has 1 saturated carbocycles. The Morgan fingerprint density at radius 2 is 1.28 bits per heavy atom. The van der Waals surface area contributed by atoms with Gasteiger partial charge in [0.05, 0.1) is 0 Å². The van der Waals surface area contributed by atoms with Gasteiger partial charge in [-0.1, -0.05) is 83.3 Å². The van der Waals surface area contributed by atoms with E-state index in [4.69, 9.17) is 4.52 Å². The van der Waals surface area contributed by atoms with Crippen molar-refractivity contribution in [1.82, 2.24) is 0 Å². The molecule has 0 aromatic carbocycles. The van der Waals surface area contributed by atoms with E-state index in [1.54, 1.807) is 0 Å². The van der Waals surface area contributed by atoms with Crippen LogP contribution < -0.4 is 10.6 Å². The third kappa shape index (κ3) is 12.4. The van der Waals surface area contributed by atoms with Crippen LogP contribution in [-0.2, 0) is 13.6 Å². The molecule has 0 spiro atoms. The summed E-state index contributed by atoms with van der Waals surface area (Å²) in [6.07, 6.45) is 5.19. The van der Waals surface area contributed by atoms with Crippen LogP contribution in [0, 0.1) is 0 Å². The van der Waals surface area contributed by atoms with Crippen LogP contribution in [-0.4, -0.2) is 86.0 Å². The fourth-order valence-electron chi connectivity index (χ4n) is 4.11. The Morgan fingerprint density at radius 3 is 1.78 bits per heavy atom. The van der Waals surface area contributed by atoms with Gasteiger partial charge in [-0.2, -0.15) is 0 Å². The number of aliphatic hydroxyl groups is 6. The van der Waals surface area contributed by atoms with Crippen molar-refractivity contribution in [2.75, 3.05) is 6.61 Å². The molecule has 36 heavy (non-hydrogen) atoms. The first kappa shape index (κ1) is 33.6. The van der Waals surface area contributed by atoms with Crippen molar-refractivity contribution in [3.8, 4) is 0 Å². The van der Waals surface area contributed by atoms with Gasteiger partial charge in [-0.05, 0) is 12.8 Å². The van der Waals surface area contributed by atoms with Gasteiger partial charge < -0.3 is 50.3 Å². The Balaban J connectivity index is 2.23. The molecule has 1 aliphatic carbocycles. The lowest BCUT2D eigenvalue weighted by Gasteiger charge is -2.43. The highest BCUT2D eigenvalue weighted by Crippen LogP contribution is 2.43.